The summed E-state index contributed by atoms with van der Waals surface area (Å²) in [6, 6.07) is 23.6. The zero-order valence-electron chi connectivity index (χ0n) is 17.0. The summed E-state index contributed by atoms with van der Waals surface area (Å²) in [4.78, 5) is 26.5. The third-order valence-corrected chi connectivity index (χ3v) is 5.12. The molecule has 2 atom stereocenters. The fraction of sp³-hybridized carbons (Fsp3) is 0.167. The Hall–Kier alpha value is -3.15. The number of likely N-dealkylation sites (N-methyl/N-ethyl adjacent to an activating group) is 1. The van der Waals surface area contributed by atoms with Gasteiger partial charge in [0.1, 0.15) is 0 Å². The van der Waals surface area contributed by atoms with Gasteiger partial charge in [-0.1, -0.05) is 71.8 Å². The predicted molar refractivity (Wildman–Crippen MR) is 121 cm³/mol. The standard InChI is InChI=1S/C24H24ClN3O2/c1-17-12-14-19(15-13-17)26-24(30)23(18-8-4-3-5-9-18)28(2)16-22(29)27-21-11-7-6-10-20(21)25/h3-15,23H,16H2,1-2H3,(H,26,30)(H,27,29)/p+1/t23-/m0/s1. The van der Waals surface area contributed by atoms with Gasteiger partial charge in [-0.15, -0.1) is 0 Å². The van der Waals surface area contributed by atoms with E-state index in [0.717, 1.165) is 21.7 Å². The maximum atomic E-state index is 13.1. The minimum Gasteiger partial charge on any atom is -0.321 e. The zero-order valence-corrected chi connectivity index (χ0v) is 17.7. The molecule has 3 N–H and O–H groups in total. The Labute approximate surface area is 181 Å². The Kier molecular flexibility index (Phi) is 7.22. The average Bonchev–Trinajstić information content (AvgIpc) is 2.72. The highest BCUT2D eigenvalue weighted by molar-refractivity contribution is 6.33. The van der Waals surface area contributed by atoms with Crippen molar-refractivity contribution < 1.29 is 14.5 Å². The van der Waals surface area contributed by atoms with Gasteiger partial charge in [0.25, 0.3) is 11.8 Å². The summed E-state index contributed by atoms with van der Waals surface area (Å²) in [5.41, 5.74) is 3.23. The van der Waals surface area contributed by atoms with Gasteiger partial charge >= 0.3 is 0 Å². The lowest BCUT2D eigenvalue weighted by atomic mass is 10.0. The molecule has 0 aliphatic rings. The van der Waals surface area contributed by atoms with Crippen molar-refractivity contribution in [2.75, 3.05) is 24.2 Å². The van der Waals surface area contributed by atoms with E-state index in [2.05, 4.69) is 10.6 Å². The Bertz CT molecular complexity index is 1010. The van der Waals surface area contributed by atoms with Crippen LogP contribution in [0, 0.1) is 6.92 Å². The molecule has 0 aromatic heterocycles. The van der Waals surface area contributed by atoms with Gasteiger partial charge in [-0.05, 0) is 31.2 Å². The van der Waals surface area contributed by atoms with E-state index >= 15 is 0 Å². The first-order valence-corrected chi connectivity index (χ1v) is 10.1. The van der Waals surface area contributed by atoms with E-state index in [-0.39, 0.29) is 18.4 Å². The number of halogens is 1. The molecule has 6 heteroatoms. The van der Waals surface area contributed by atoms with Crippen LogP contribution in [-0.2, 0) is 9.59 Å². The molecular weight excluding hydrogens is 398 g/mol. The molecule has 0 aliphatic carbocycles. The molecular formula is C24H25ClN3O2+. The molecule has 3 rings (SSSR count). The van der Waals surface area contributed by atoms with E-state index < -0.39 is 6.04 Å². The van der Waals surface area contributed by atoms with Gasteiger partial charge in [0, 0.05) is 11.3 Å². The van der Waals surface area contributed by atoms with E-state index in [1.54, 1.807) is 24.3 Å². The summed E-state index contributed by atoms with van der Waals surface area (Å²) in [5.74, 6) is -0.391. The van der Waals surface area contributed by atoms with Crippen LogP contribution in [0.4, 0.5) is 11.4 Å². The summed E-state index contributed by atoms with van der Waals surface area (Å²) in [6.45, 7) is 2.10. The number of nitrogens with one attached hydrogen (secondary N) is 3. The second kappa shape index (κ2) is 10.1. The number of aryl methyl sites for hydroxylation is 1. The van der Waals surface area contributed by atoms with Crippen LogP contribution in [-0.4, -0.2) is 25.4 Å². The number of hydrogen-bond acceptors (Lipinski definition) is 2. The molecule has 1 unspecified atom stereocenters. The van der Waals surface area contributed by atoms with Crippen LogP contribution < -0.4 is 15.5 Å². The van der Waals surface area contributed by atoms with Crippen molar-refractivity contribution in [2.45, 2.75) is 13.0 Å². The summed E-state index contributed by atoms with van der Waals surface area (Å²) in [5, 5.41) is 6.26. The van der Waals surface area contributed by atoms with E-state index in [1.807, 2.05) is 68.6 Å². The molecule has 0 heterocycles. The lowest BCUT2D eigenvalue weighted by Crippen LogP contribution is -3.11. The van der Waals surface area contributed by atoms with Crippen LogP contribution >= 0.6 is 11.6 Å². The van der Waals surface area contributed by atoms with Gasteiger partial charge in [0.15, 0.2) is 12.6 Å². The van der Waals surface area contributed by atoms with E-state index in [1.165, 1.54) is 0 Å². The number of amides is 2. The van der Waals surface area contributed by atoms with Gasteiger partial charge in [-0.2, -0.15) is 0 Å². The molecule has 30 heavy (non-hydrogen) atoms. The van der Waals surface area contributed by atoms with Crippen LogP contribution in [0.2, 0.25) is 5.02 Å². The van der Waals surface area contributed by atoms with Crippen molar-refractivity contribution >= 4 is 34.8 Å². The molecule has 154 valence electrons. The number of carbonyl (C=O) groups is 2. The number of para-hydroxylation sites is 1. The van der Waals surface area contributed by atoms with Gasteiger partial charge in [0.2, 0.25) is 0 Å². The fourth-order valence-electron chi connectivity index (χ4n) is 3.27. The highest BCUT2D eigenvalue weighted by atomic mass is 35.5. The minimum atomic E-state index is -0.551. The molecule has 3 aromatic rings. The zero-order chi connectivity index (χ0) is 21.5. The maximum absolute atomic E-state index is 13.1. The second-order valence-corrected chi connectivity index (χ2v) is 7.66. The quantitative estimate of drug-likeness (QED) is 0.546. The Balaban J connectivity index is 1.76. The average molecular weight is 423 g/mol. The highest BCUT2D eigenvalue weighted by Gasteiger charge is 2.30. The summed E-state index contributed by atoms with van der Waals surface area (Å²) in [6.07, 6.45) is 0. The fourth-order valence-corrected chi connectivity index (χ4v) is 3.45. The lowest BCUT2D eigenvalue weighted by molar-refractivity contribution is -0.893. The Morgan fingerprint density at radius 3 is 2.20 bits per heavy atom. The molecule has 0 aliphatic heterocycles. The topological polar surface area (TPSA) is 62.6 Å². The van der Waals surface area contributed by atoms with Crippen LogP contribution in [0.5, 0.6) is 0 Å². The lowest BCUT2D eigenvalue weighted by Gasteiger charge is -2.24. The van der Waals surface area contributed by atoms with Crippen molar-refractivity contribution in [2.24, 2.45) is 0 Å². The van der Waals surface area contributed by atoms with Crippen LogP contribution in [0.15, 0.2) is 78.9 Å². The van der Waals surface area contributed by atoms with Gasteiger partial charge < -0.3 is 15.5 Å². The van der Waals surface area contributed by atoms with Crippen molar-refractivity contribution in [1.82, 2.24) is 0 Å². The number of quaternary nitrogens is 1. The Morgan fingerprint density at radius 2 is 1.53 bits per heavy atom. The maximum Gasteiger partial charge on any atom is 0.287 e. The molecule has 3 aromatic carbocycles. The molecule has 2 amide bonds. The smallest absolute Gasteiger partial charge is 0.287 e. The minimum absolute atomic E-state index is 0.103. The third kappa shape index (κ3) is 5.69. The molecule has 0 fully saturated rings. The summed E-state index contributed by atoms with van der Waals surface area (Å²) >= 11 is 6.13. The molecule has 0 saturated carbocycles. The summed E-state index contributed by atoms with van der Waals surface area (Å²) in [7, 11) is 1.83. The SMILES string of the molecule is Cc1ccc(NC(=O)[C@H](c2ccccc2)[NH+](C)CC(=O)Nc2ccccc2Cl)cc1. The van der Waals surface area contributed by atoms with Crippen molar-refractivity contribution in [3.8, 4) is 0 Å². The predicted octanol–water partition coefficient (Wildman–Crippen LogP) is 3.48. The number of anilines is 2. The number of rotatable bonds is 7. The molecule has 0 saturated heterocycles. The third-order valence-electron chi connectivity index (χ3n) is 4.79. The molecule has 0 radical (unpaired) electrons. The highest BCUT2D eigenvalue weighted by Crippen LogP contribution is 2.20. The molecule has 0 bridgehead atoms. The van der Waals surface area contributed by atoms with Crippen LogP contribution in [0.25, 0.3) is 0 Å². The van der Waals surface area contributed by atoms with Gasteiger partial charge in [0.05, 0.1) is 17.8 Å². The van der Waals surface area contributed by atoms with Gasteiger partial charge in [-0.25, -0.2) is 0 Å². The first kappa shape index (κ1) is 21.6. The van der Waals surface area contributed by atoms with Crippen molar-refractivity contribution in [1.29, 1.82) is 0 Å². The van der Waals surface area contributed by atoms with E-state index in [0.29, 0.717) is 10.7 Å². The van der Waals surface area contributed by atoms with Crippen molar-refractivity contribution in [3.63, 3.8) is 0 Å². The summed E-state index contributed by atoms with van der Waals surface area (Å²) < 4.78 is 0. The van der Waals surface area contributed by atoms with Crippen LogP contribution in [0.1, 0.15) is 17.2 Å². The molecule has 0 spiro atoms. The second-order valence-electron chi connectivity index (χ2n) is 7.25. The van der Waals surface area contributed by atoms with Gasteiger partial charge in [-0.3, -0.25) is 9.59 Å². The molecule has 5 nitrogen and oxygen atoms in total. The first-order chi connectivity index (χ1) is 14.4. The first-order valence-electron chi connectivity index (χ1n) is 9.73. The van der Waals surface area contributed by atoms with E-state index in [9.17, 15) is 9.59 Å². The van der Waals surface area contributed by atoms with Crippen LogP contribution in [0.3, 0.4) is 0 Å². The number of carbonyl (C=O) groups excluding carboxylic acids is 2. The normalized spacial score (nSPS) is 12.6. The number of hydrogen-bond donors (Lipinski definition) is 3. The number of benzene rings is 3. The monoisotopic (exact) mass is 422 g/mol. The largest absolute Gasteiger partial charge is 0.321 e. The van der Waals surface area contributed by atoms with Crippen molar-refractivity contribution in [3.05, 3.63) is 95.0 Å². The Morgan fingerprint density at radius 1 is 0.900 bits per heavy atom. The van der Waals surface area contributed by atoms with E-state index in [4.69, 9.17) is 11.6 Å².